The zero-order valence-corrected chi connectivity index (χ0v) is 13.2. The van der Waals surface area contributed by atoms with Crippen LogP contribution in [0.4, 0.5) is 13.2 Å². The highest BCUT2D eigenvalue weighted by Gasteiger charge is 2.32. The van der Waals surface area contributed by atoms with Crippen molar-refractivity contribution in [2.24, 2.45) is 5.73 Å². The standard InChI is InChI=1S/C16H21F3N2O2/c1-10(2)21-7-3-4-12(21)9-23-14-6-5-11(16(17,18)19)8-13(14)15(20)22/h5-6,8,10,12H,3-4,7,9H2,1-2H3,(H2,20,22)/t12-/m0/s1. The number of nitrogens with zero attached hydrogens (tertiary/aromatic N) is 1. The van der Waals surface area contributed by atoms with Crippen LogP contribution in [0.25, 0.3) is 0 Å². The number of nitrogens with two attached hydrogens (primary N) is 1. The largest absolute Gasteiger partial charge is 0.491 e. The third-order valence-electron chi connectivity index (χ3n) is 4.09. The van der Waals surface area contributed by atoms with Crippen LogP contribution in [0.1, 0.15) is 42.6 Å². The van der Waals surface area contributed by atoms with E-state index in [1.807, 2.05) is 0 Å². The van der Waals surface area contributed by atoms with E-state index in [1.54, 1.807) is 0 Å². The lowest BCUT2D eigenvalue weighted by atomic mass is 10.1. The number of halogens is 3. The number of hydrogen-bond donors (Lipinski definition) is 1. The highest BCUT2D eigenvalue weighted by atomic mass is 19.4. The molecule has 0 aliphatic carbocycles. The van der Waals surface area contributed by atoms with E-state index >= 15 is 0 Å². The lowest BCUT2D eigenvalue weighted by Crippen LogP contribution is -2.39. The average Bonchev–Trinajstić information content (AvgIpc) is 2.92. The minimum atomic E-state index is -4.53. The van der Waals surface area contributed by atoms with Crippen molar-refractivity contribution in [1.29, 1.82) is 0 Å². The Balaban J connectivity index is 2.15. The van der Waals surface area contributed by atoms with Crippen molar-refractivity contribution in [2.75, 3.05) is 13.2 Å². The fourth-order valence-electron chi connectivity index (χ4n) is 2.93. The van der Waals surface area contributed by atoms with Gasteiger partial charge in [0.2, 0.25) is 0 Å². The van der Waals surface area contributed by atoms with Crippen LogP contribution in [-0.4, -0.2) is 36.0 Å². The number of ether oxygens (including phenoxy) is 1. The van der Waals surface area contributed by atoms with Gasteiger partial charge < -0.3 is 10.5 Å². The molecule has 1 fully saturated rings. The minimum Gasteiger partial charge on any atom is -0.491 e. The summed E-state index contributed by atoms with van der Waals surface area (Å²) in [7, 11) is 0. The molecule has 2 N–H and O–H groups in total. The Bertz CT molecular complexity index is 573. The number of benzene rings is 1. The number of amides is 1. The van der Waals surface area contributed by atoms with Crippen molar-refractivity contribution in [3.05, 3.63) is 29.3 Å². The van der Waals surface area contributed by atoms with Crippen molar-refractivity contribution >= 4 is 5.91 Å². The molecule has 0 unspecified atom stereocenters. The summed E-state index contributed by atoms with van der Waals surface area (Å²) < 4.78 is 43.8. The van der Waals surface area contributed by atoms with Gasteiger partial charge in [0.15, 0.2) is 0 Å². The van der Waals surface area contributed by atoms with Gasteiger partial charge in [0.25, 0.3) is 5.91 Å². The Morgan fingerprint density at radius 1 is 1.43 bits per heavy atom. The summed E-state index contributed by atoms with van der Waals surface area (Å²) in [6.45, 7) is 5.47. The molecule has 2 rings (SSSR count). The maximum absolute atomic E-state index is 12.7. The van der Waals surface area contributed by atoms with E-state index in [1.165, 1.54) is 0 Å². The van der Waals surface area contributed by atoms with Gasteiger partial charge in [-0.05, 0) is 51.4 Å². The Hall–Kier alpha value is -1.76. The number of rotatable bonds is 5. The summed E-state index contributed by atoms with van der Waals surface area (Å²) in [6.07, 6.45) is -2.50. The first kappa shape index (κ1) is 17.6. The maximum atomic E-state index is 12.7. The average molecular weight is 330 g/mol. The molecular formula is C16H21F3N2O2. The second-order valence-corrected chi connectivity index (χ2v) is 6.01. The van der Waals surface area contributed by atoms with Crippen molar-refractivity contribution in [2.45, 2.75) is 44.9 Å². The highest BCUT2D eigenvalue weighted by Crippen LogP contribution is 2.33. The van der Waals surface area contributed by atoms with Crippen molar-refractivity contribution in [3.8, 4) is 5.75 Å². The third-order valence-corrected chi connectivity index (χ3v) is 4.09. The van der Waals surface area contributed by atoms with Gasteiger partial charge in [-0.2, -0.15) is 13.2 Å². The zero-order valence-electron chi connectivity index (χ0n) is 13.2. The molecular weight excluding hydrogens is 309 g/mol. The third kappa shape index (κ3) is 4.16. The number of primary amides is 1. The molecule has 1 aliphatic heterocycles. The molecule has 128 valence electrons. The van der Waals surface area contributed by atoms with Crippen LogP contribution in [0.2, 0.25) is 0 Å². The van der Waals surface area contributed by atoms with Crippen LogP contribution in [-0.2, 0) is 6.18 Å². The first-order chi connectivity index (χ1) is 10.7. The van der Waals surface area contributed by atoms with E-state index in [0.717, 1.165) is 37.6 Å². The predicted octanol–water partition coefficient (Wildman–Crippen LogP) is 3.06. The first-order valence-corrected chi connectivity index (χ1v) is 7.59. The van der Waals surface area contributed by atoms with E-state index in [-0.39, 0.29) is 17.4 Å². The summed E-state index contributed by atoms with van der Waals surface area (Å²) in [5.74, 6) is -0.834. The van der Waals surface area contributed by atoms with E-state index in [0.29, 0.717) is 12.6 Å². The first-order valence-electron chi connectivity index (χ1n) is 7.59. The van der Waals surface area contributed by atoms with Crippen LogP contribution in [0.5, 0.6) is 5.75 Å². The molecule has 1 aliphatic rings. The summed E-state index contributed by atoms with van der Waals surface area (Å²) in [6, 6.07) is 3.37. The monoisotopic (exact) mass is 330 g/mol. The van der Waals surface area contributed by atoms with Gasteiger partial charge in [0.05, 0.1) is 11.1 Å². The lowest BCUT2D eigenvalue weighted by Gasteiger charge is -2.28. The van der Waals surface area contributed by atoms with Crippen LogP contribution >= 0.6 is 0 Å². The van der Waals surface area contributed by atoms with E-state index in [4.69, 9.17) is 10.5 Å². The van der Waals surface area contributed by atoms with E-state index in [9.17, 15) is 18.0 Å². The Kier molecular flexibility index (Phi) is 5.19. The molecule has 0 spiro atoms. The van der Waals surface area contributed by atoms with Crippen LogP contribution in [0.15, 0.2) is 18.2 Å². The van der Waals surface area contributed by atoms with E-state index < -0.39 is 17.6 Å². The second kappa shape index (κ2) is 6.78. The molecule has 1 atom stereocenters. The molecule has 1 amide bonds. The molecule has 1 aromatic rings. The van der Waals surface area contributed by atoms with Gasteiger partial charge in [0.1, 0.15) is 12.4 Å². The van der Waals surface area contributed by atoms with Crippen LogP contribution < -0.4 is 10.5 Å². The predicted molar refractivity (Wildman–Crippen MR) is 80.3 cm³/mol. The molecule has 1 saturated heterocycles. The molecule has 1 heterocycles. The fraction of sp³-hybridized carbons (Fsp3) is 0.562. The molecule has 23 heavy (non-hydrogen) atoms. The highest BCUT2D eigenvalue weighted by molar-refractivity contribution is 5.95. The maximum Gasteiger partial charge on any atom is 0.416 e. The van der Waals surface area contributed by atoms with Gasteiger partial charge in [-0.3, -0.25) is 9.69 Å². The molecule has 0 aromatic heterocycles. The minimum absolute atomic E-state index is 0.0982. The quantitative estimate of drug-likeness (QED) is 0.903. The van der Waals surface area contributed by atoms with Gasteiger partial charge in [-0.1, -0.05) is 0 Å². The molecule has 4 nitrogen and oxygen atoms in total. The van der Waals surface area contributed by atoms with E-state index in [2.05, 4.69) is 18.7 Å². The summed E-state index contributed by atoms with van der Waals surface area (Å²) in [5, 5.41) is 0. The summed E-state index contributed by atoms with van der Waals surface area (Å²) >= 11 is 0. The molecule has 0 saturated carbocycles. The SMILES string of the molecule is CC(C)N1CCC[C@H]1COc1ccc(C(F)(F)F)cc1C(N)=O. The van der Waals surface area contributed by atoms with Gasteiger partial charge in [0, 0.05) is 12.1 Å². The number of hydrogen-bond acceptors (Lipinski definition) is 3. The van der Waals surface area contributed by atoms with Crippen LogP contribution in [0.3, 0.4) is 0 Å². The van der Waals surface area contributed by atoms with Crippen molar-refractivity contribution < 1.29 is 22.7 Å². The van der Waals surface area contributed by atoms with Crippen molar-refractivity contribution in [1.82, 2.24) is 4.90 Å². The smallest absolute Gasteiger partial charge is 0.416 e. The lowest BCUT2D eigenvalue weighted by molar-refractivity contribution is -0.137. The Labute approximate surface area is 133 Å². The topological polar surface area (TPSA) is 55.6 Å². The fourth-order valence-corrected chi connectivity index (χ4v) is 2.93. The number of alkyl halides is 3. The zero-order chi connectivity index (χ0) is 17.2. The van der Waals surface area contributed by atoms with Crippen molar-refractivity contribution in [3.63, 3.8) is 0 Å². The number of carbonyl (C=O) groups excluding carboxylic acids is 1. The van der Waals surface area contributed by atoms with Crippen LogP contribution in [0, 0.1) is 0 Å². The molecule has 0 bridgehead atoms. The van der Waals surface area contributed by atoms with Gasteiger partial charge >= 0.3 is 6.18 Å². The van der Waals surface area contributed by atoms with Gasteiger partial charge in [-0.25, -0.2) is 0 Å². The molecule has 0 radical (unpaired) electrons. The molecule has 7 heteroatoms. The summed E-state index contributed by atoms with van der Waals surface area (Å²) in [4.78, 5) is 13.7. The van der Waals surface area contributed by atoms with Gasteiger partial charge in [-0.15, -0.1) is 0 Å². The second-order valence-electron chi connectivity index (χ2n) is 6.01. The molecule has 1 aromatic carbocycles. The summed E-state index contributed by atoms with van der Waals surface area (Å²) in [5.41, 5.74) is 4.03. The Morgan fingerprint density at radius 2 is 2.13 bits per heavy atom. The number of carbonyl (C=O) groups is 1. The number of likely N-dealkylation sites (tertiary alicyclic amines) is 1. The normalized spacial score (nSPS) is 19.3. The Morgan fingerprint density at radius 3 is 2.70 bits per heavy atom.